The highest BCUT2D eigenvalue weighted by Crippen LogP contribution is 2.45. The fourth-order valence-corrected chi connectivity index (χ4v) is 8.20. The molecule has 1 amide bonds. The monoisotopic (exact) mass is 813 g/mol. The first-order chi connectivity index (χ1) is 28.6. The number of dihydropyridines is 1. The Hall–Kier alpha value is -5.41. The highest BCUT2D eigenvalue weighted by atomic mass is 16.7. The lowest BCUT2D eigenvalue weighted by Crippen LogP contribution is -2.70. The molecule has 18 nitrogen and oxygen atoms in total. The van der Waals surface area contributed by atoms with E-state index in [2.05, 4.69) is 21.3 Å². The van der Waals surface area contributed by atoms with Gasteiger partial charge in [-0.05, 0) is 35.8 Å². The number of aliphatic hydroxyl groups is 4. The number of fused-ring (bicyclic) bond motifs is 3. The minimum atomic E-state index is -1.60. The van der Waals surface area contributed by atoms with Crippen molar-refractivity contribution >= 4 is 23.2 Å². The zero-order valence-corrected chi connectivity index (χ0v) is 31.9. The summed E-state index contributed by atoms with van der Waals surface area (Å²) in [6, 6.07) is 14.8. The number of ether oxygens (including phenoxy) is 4. The summed E-state index contributed by atoms with van der Waals surface area (Å²) < 4.78 is 25.1. The maximum absolute atomic E-state index is 14.3. The Morgan fingerprint density at radius 2 is 1.68 bits per heavy atom. The number of nitrogens with two attached hydrogens (primary N) is 2. The van der Waals surface area contributed by atoms with Crippen LogP contribution in [0.25, 0.3) is 0 Å². The summed E-state index contributed by atoms with van der Waals surface area (Å²) >= 11 is 0. The predicted molar refractivity (Wildman–Crippen MR) is 210 cm³/mol. The van der Waals surface area contributed by atoms with Crippen LogP contribution in [0.5, 0.6) is 11.5 Å². The van der Waals surface area contributed by atoms with Crippen LogP contribution in [0, 0.1) is 0 Å². The molecule has 0 bridgehead atoms. The Labute approximate surface area is 338 Å². The lowest BCUT2D eigenvalue weighted by atomic mass is 9.81. The van der Waals surface area contributed by atoms with Crippen molar-refractivity contribution in [1.82, 2.24) is 21.3 Å². The highest BCUT2D eigenvalue weighted by molar-refractivity contribution is 6.29. The molecule has 18 heteroatoms. The molecule has 3 saturated heterocycles. The molecular formula is C41H47N7O11. The molecule has 8 atom stereocenters. The standard InChI is InChI=1S/C41H47N7O11/c42-28-15-20(9-11-44-28)10-13-56-37-34(54)33(53)27(18-50)58-40(37)59-35-22(16-21-5-1-4-8-26(21)48-19-45-30-38(48)46-41(43)47-39(30)55)17-25-29(36(35)57-14-12-49)32(52)24-7-3-2-6-23(24)31(25)51/h1-9,15,17,27,30,33-34,37-38,40-41,44-46,49-50,53-54H,10-14,16,18-19,42-43H2,(H,47,55). The van der Waals surface area contributed by atoms with Gasteiger partial charge in [0.25, 0.3) is 0 Å². The molecule has 1 aliphatic carbocycles. The van der Waals surface area contributed by atoms with Crippen LogP contribution < -0.4 is 47.1 Å². The first-order valence-corrected chi connectivity index (χ1v) is 19.4. The van der Waals surface area contributed by atoms with Crippen LogP contribution in [0.1, 0.15) is 49.4 Å². The number of rotatable bonds is 13. The number of nitrogens with zero attached hydrogens (tertiary/aromatic N) is 1. The number of carbonyl (C=O) groups is 3. The van der Waals surface area contributed by atoms with Crippen LogP contribution in [-0.4, -0.2) is 127 Å². The summed E-state index contributed by atoms with van der Waals surface area (Å²) in [5, 5.41) is 54.7. The van der Waals surface area contributed by atoms with Crippen molar-refractivity contribution in [2.75, 3.05) is 44.5 Å². The molecule has 0 radical (unpaired) electrons. The number of benzene rings is 3. The first kappa shape index (κ1) is 40.4. The molecule has 0 aromatic heterocycles. The van der Waals surface area contributed by atoms with Gasteiger partial charge < -0.3 is 60.6 Å². The maximum atomic E-state index is 14.3. The van der Waals surface area contributed by atoms with E-state index in [4.69, 9.17) is 30.4 Å². The molecule has 3 aromatic rings. The Morgan fingerprint density at radius 3 is 2.44 bits per heavy atom. The minimum Gasteiger partial charge on any atom is -0.486 e. The summed E-state index contributed by atoms with van der Waals surface area (Å²) in [5.74, 6) is -0.928. The number of amides is 1. The van der Waals surface area contributed by atoms with Gasteiger partial charge >= 0.3 is 0 Å². The van der Waals surface area contributed by atoms with Gasteiger partial charge in [-0.2, -0.15) is 0 Å². The highest BCUT2D eigenvalue weighted by Gasteiger charge is 2.48. The Bertz CT molecular complexity index is 2180. The molecule has 3 aromatic carbocycles. The smallest absolute Gasteiger partial charge is 0.242 e. The third kappa shape index (κ3) is 7.77. The van der Waals surface area contributed by atoms with Crippen molar-refractivity contribution in [3.8, 4) is 11.5 Å². The fraction of sp³-hybridized carbons (Fsp3) is 0.390. The second-order valence-electron chi connectivity index (χ2n) is 14.8. The van der Waals surface area contributed by atoms with Gasteiger partial charge in [-0.25, -0.2) is 0 Å². The van der Waals surface area contributed by atoms with Gasteiger partial charge in [-0.15, -0.1) is 0 Å². The van der Waals surface area contributed by atoms with E-state index in [-0.39, 0.29) is 66.0 Å². The van der Waals surface area contributed by atoms with E-state index in [1.54, 1.807) is 36.4 Å². The third-order valence-electron chi connectivity index (χ3n) is 11.1. The van der Waals surface area contributed by atoms with Crippen molar-refractivity contribution in [2.24, 2.45) is 11.5 Å². The predicted octanol–water partition coefficient (Wildman–Crippen LogP) is -1.63. The molecule has 0 saturated carbocycles. The zero-order valence-electron chi connectivity index (χ0n) is 31.9. The number of allylic oxidation sites excluding steroid dienone is 1. The van der Waals surface area contributed by atoms with E-state index in [0.29, 0.717) is 35.6 Å². The van der Waals surface area contributed by atoms with Gasteiger partial charge in [-0.1, -0.05) is 48.5 Å². The van der Waals surface area contributed by atoms with Gasteiger partial charge in [0.05, 0.1) is 37.9 Å². The maximum Gasteiger partial charge on any atom is 0.242 e. The number of ketones is 2. The molecular weight excluding hydrogens is 766 g/mol. The van der Waals surface area contributed by atoms with Crippen molar-refractivity contribution < 1.29 is 53.8 Å². The first-order valence-electron chi connectivity index (χ1n) is 19.4. The molecule has 0 spiro atoms. The molecule has 12 N–H and O–H groups in total. The molecule has 4 heterocycles. The topological polar surface area (TPSA) is 272 Å². The minimum absolute atomic E-state index is 0.0425. The lowest BCUT2D eigenvalue weighted by Gasteiger charge is -2.42. The third-order valence-corrected chi connectivity index (χ3v) is 11.1. The van der Waals surface area contributed by atoms with Gasteiger partial charge in [0.1, 0.15) is 49.5 Å². The average Bonchev–Trinajstić information content (AvgIpc) is 3.66. The molecule has 4 aliphatic heterocycles. The summed E-state index contributed by atoms with van der Waals surface area (Å²) in [4.78, 5) is 43.4. The number of hydrogen-bond donors (Lipinski definition) is 10. The lowest BCUT2D eigenvalue weighted by molar-refractivity contribution is -0.287. The Morgan fingerprint density at radius 1 is 0.915 bits per heavy atom. The summed E-state index contributed by atoms with van der Waals surface area (Å²) in [6.07, 6.45) is -4.47. The van der Waals surface area contributed by atoms with Gasteiger partial charge in [-0.3, -0.25) is 30.8 Å². The van der Waals surface area contributed by atoms with Crippen LogP contribution in [0.2, 0.25) is 0 Å². The van der Waals surface area contributed by atoms with Crippen molar-refractivity contribution in [3.63, 3.8) is 0 Å². The number of para-hydroxylation sites is 1. The van der Waals surface area contributed by atoms with Crippen molar-refractivity contribution in [3.05, 3.63) is 112 Å². The average molecular weight is 814 g/mol. The number of nitrogens with one attached hydrogen (secondary N) is 4. The van der Waals surface area contributed by atoms with E-state index in [1.165, 1.54) is 0 Å². The second-order valence-corrected chi connectivity index (χ2v) is 14.8. The molecule has 8 unspecified atom stereocenters. The quantitative estimate of drug-likeness (QED) is 0.0726. The van der Waals surface area contributed by atoms with Crippen molar-refractivity contribution in [1.29, 1.82) is 0 Å². The largest absolute Gasteiger partial charge is 0.486 e. The summed E-state index contributed by atoms with van der Waals surface area (Å²) in [6.45, 7) is -0.582. The summed E-state index contributed by atoms with van der Waals surface area (Å²) in [7, 11) is 0. The van der Waals surface area contributed by atoms with Gasteiger partial charge in [0.15, 0.2) is 23.1 Å². The van der Waals surface area contributed by atoms with E-state index in [1.807, 2.05) is 35.2 Å². The second kappa shape index (κ2) is 17.1. The number of aliphatic hydroxyl groups excluding tert-OH is 4. The van der Waals surface area contributed by atoms with E-state index in [9.17, 15) is 34.8 Å². The van der Waals surface area contributed by atoms with Gasteiger partial charge in [0, 0.05) is 40.9 Å². The van der Waals surface area contributed by atoms with Crippen LogP contribution in [0.15, 0.2) is 78.1 Å². The van der Waals surface area contributed by atoms with Gasteiger partial charge in [0.2, 0.25) is 12.2 Å². The number of hydrogen-bond acceptors (Lipinski definition) is 17. The zero-order chi connectivity index (χ0) is 41.4. The molecule has 8 rings (SSSR count). The van der Waals surface area contributed by atoms with E-state index in [0.717, 1.165) is 5.57 Å². The van der Waals surface area contributed by atoms with Crippen LogP contribution in [0.4, 0.5) is 5.69 Å². The molecule has 312 valence electrons. The van der Waals surface area contributed by atoms with Crippen molar-refractivity contribution in [2.45, 2.75) is 62.0 Å². The number of anilines is 1. The van der Waals surface area contributed by atoms with Crippen LogP contribution in [0.3, 0.4) is 0 Å². The van der Waals surface area contributed by atoms with Crippen LogP contribution >= 0.6 is 0 Å². The normalized spacial score (nSPS) is 27.5. The summed E-state index contributed by atoms with van der Waals surface area (Å²) in [5.41, 5.74) is 15.0. The van der Waals surface area contributed by atoms with Crippen LogP contribution in [-0.2, 0) is 20.7 Å². The Balaban J connectivity index is 1.23. The SMILES string of the molecule is NC1=CC(CCOC2C(Oc3c(Cc4ccccc4N4CNC5C(=O)NC(N)NC54)cc4c(c3OCCO)C(=O)c3ccccc3C4=O)OC(CO)C(O)C2O)=CCN1. The molecule has 5 aliphatic rings. The van der Waals surface area contributed by atoms with E-state index >= 15 is 0 Å². The fourth-order valence-electron chi connectivity index (χ4n) is 8.20. The molecule has 59 heavy (non-hydrogen) atoms. The Kier molecular flexibility index (Phi) is 11.7. The van der Waals surface area contributed by atoms with E-state index < -0.39 is 74.0 Å². The molecule has 3 fully saturated rings. The number of carbonyl (C=O) groups excluding carboxylic acids is 3.